The fourth-order valence-electron chi connectivity index (χ4n) is 0.712. The van der Waals surface area contributed by atoms with Crippen molar-refractivity contribution < 1.29 is 34.6 Å². The minimum Gasteiger partial charge on any atom is -0.346 e. The van der Waals surface area contributed by atoms with Crippen LogP contribution in [0.25, 0.3) is 5.43 Å². The minimum atomic E-state index is -0.874. The molecular weight excluding hydrogens is 261 g/mol. The van der Waals surface area contributed by atoms with Crippen LogP contribution in [-0.4, -0.2) is 5.03 Å². The van der Waals surface area contributed by atoms with Gasteiger partial charge in [0.1, 0.15) is 0 Å². The molecule has 1 aromatic rings. The van der Waals surface area contributed by atoms with E-state index < -0.39 is 5.03 Å². The normalized spacial score (nSPS) is 9.07. The fraction of sp³-hybridized carbons (Fsp3) is 0. The predicted octanol–water partition coefficient (Wildman–Crippen LogP) is 0.848. The average Bonchev–Trinajstić information content (AvgIpc) is 1.96. The molecule has 0 aliphatic rings. The van der Waals surface area contributed by atoms with E-state index in [4.69, 9.17) is 34.8 Å². The van der Waals surface area contributed by atoms with Gasteiger partial charge in [0.2, 0.25) is 0 Å². The number of hydrogen-bond acceptors (Lipinski definition) is 2. The average molecular weight is 263 g/mol. The van der Waals surface area contributed by atoms with E-state index >= 15 is 0 Å². The zero-order valence-electron chi connectivity index (χ0n) is 7.00. The molecule has 0 fully saturated rings. The summed E-state index contributed by atoms with van der Waals surface area (Å²) >= 11 is 16.8. The van der Waals surface area contributed by atoms with Gasteiger partial charge in [-0.05, 0) is 22.9 Å². The summed E-state index contributed by atoms with van der Waals surface area (Å²) in [6.07, 6.45) is 0. The second-order valence-corrected chi connectivity index (χ2v) is 3.31. The largest absolute Gasteiger partial charge is 1.00 e. The van der Waals surface area contributed by atoms with Crippen molar-refractivity contribution in [1.82, 2.24) is 0 Å². The van der Waals surface area contributed by atoms with Crippen LogP contribution < -0.4 is 29.6 Å². The quantitative estimate of drug-likeness (QED) is 0.451. The van der Waals surface area contributed by atoms with Crippen molar-refractivity contribution in [3.8, 4) is 0 Å². The van der Waals surface area contributed by atoms with Crippen molar-refractivity contribution in [2.45, 2.75) is 0 Å². The second kappa shape index (κ2) is 6.00. The topological polar surface area (TPSA) is 57.2 Å². The minimum absolute atomic E-state index is 0. The molecular formula is C6H2Cl3N2NaO2. The SMILES string of the molecule is O=[N+]([O-])[N-]c1c(Cl)cc(Cl)cc1Cl.[Na+]. The van der Waals surface area contributed by atoms with E-state index in [0.717, 1.165) is 0 Å². The molecule has 14 heavy (non-hydrogen) atoms. The van der Waals surface area contributed by atoms with E-state index in [2.05, 4.69) is 5.43 Å². The maximum atomic E-state index is 10.0. The van der Waals surface area contributed by atoms with Gasteiger partial charge in [-0.3, -0.25) is 10.1 Å². The van der Waals surface area contributed by atoms with Crippen molar-refractivity contribution in [1.29, 1.82) is 0 Å². The Morgan fingerprint density at radius 3 is 2.00 bits per heavy atom. The van der Waals surface area contributed by atoms with Crippen molar-refractivity contribution in [3.05, 3.63) is 42.7 Å². The van der Waals surface area contributed by atoms with E-state index in [1.54, 1.807) is 0 Å². The molecule has 0 saturated heterocycles. The van der Waals surface area contributed by atoms with Gasteiger partial charge >= 0.3 is 29.6 Å². The number of benzene rings is 1. The number of nitrogens with zero attached hydrogens (tertiary/aromatic N) is 2. The van der Waals surface area contributed by atoms with Gasteiger partial charge < -0.3 is 5.43 Å². The standard InChI is InChI=1S/C6H2Cl3N2O2.Na/c7-3-1-4(8)6(5(9)2-3)10-11(12)13;/h1-2H;/q-1;+1. The van der Waals surface area contributed by atoms with Crippen LogP contribution in [0.3, 0.4) is 0 Å². The van der Waals surface area contributed by atoms with Gasteiger partial charge in [0.25, 0.3) is 0 Å². The molecule has 0 aliphatic heterocycles. The summed E-state index contributed by atoms with van der Waals surface area (Å²) < 4.78 is 0. The molecule has 1 rings (SSSR count). The van der Waals surface area contributed by atoms with Crippen LogP contribution in [0.4, 0.5) is 5.69 Å². The van der Waals surface area contributed by atoms with Crippen LogP contribution in [0.15, 0.2) is 12.1 Å². The number of hydrogen-bond donors (Lipinski definition) is 0. The summed E-state index contributed by atoms with van der Waals surface area (Å²) in [5.74, 6) is 0. The van der Waals surface area contributed by atoms with E-state index in [0.29, 0.717) is 5.02 Å². The van der Waals surface area contributed by atoms with Crippen LogP contribution >= 0.6 is 34.8 Å². The van der Waals surface area contributed by atoms with E-state index in [9.17, 15) is 10.1 Å². The molecule has 0 N–H and O–H groups in total. The molecule has 0 saturated carbocycles. The molecule has 0 aliphatic carbocycles. The molecule has 0 atom stereocenters. The molecule has 0 radical (unpaired) electrons. The first kappa shape index (κ1) is 14.3. The maximum Gasteiger partial charge on any atom is 1.00 e. The zero-order chi connectivity index (χ0) is 10.0. The van der Waals surface area contributed by atoms with Gasteiger partial charge in [0.15, 0.2) is 0 Å². The summed E-state index contributed by atoms with van der Waals surface area (Å²) in [4.78, 5) is 10.0. The summed E-state index contributed by atoms with van der Waals surface area (Å²) in [6, 6.07) is 2.66. The summed E-state index contributed by atoms with van der Waals surface area (Å²) in [5, 5.41) is 9.58. The smallest absolute Gasteiger partial charge is 0.346 e. The first-order valence-corrected chi connectivity index (χ1v) is 4.14. The molecule has 0 bridgehead atoms. The van der Waals surface area contributed by atoms with Crippen molar-refractivity contribution in [2.24, 2.45) is 0 Å². The van der Waals surface area contributed by atoms with Crippen LogP contribution in [0.1, 0.15) is 0 Å². The Labute approximate surface area is 117 Å². The third-order valence-electron chi connectivity index (χ3n) is 1.16. The third kappa shape index (κ3) is 3.81. The summed E-state index contributed by atoms with van der Waals surface area (Å²) in [7, 11) is 0. The Morgan fingerprint density at radius 2 is 1.64 bits per heavy atom. The van der Waals surface area contributed by atoms with E-state index in [1.165, 1.54) is 12.1 Å². The number of halogens is 3. The molecule has 70 valence electrons. The van der Waals surface area contributed by atoms with Gasteiger partial charge in [0, 0.05) is 15.1 Å². The molecule has 0 spiro atoms. The Balaban J connectivity index is 0.00000169. The Bertz CT molecular complexity index is 338. The Kier molecular flexibility index (Phi) is 6.12. The first-order valence-electron chi connectivity index (χ1n) is 3.01. The monoisotopic (exact) mass is 262 g/mol. The molecule has 0 heterocycles. The number of nitro groups is 1. The molecule has 0 unspecified atom stereocenters. The van der Waals surface area contributed by atoms with Crippen molar-refractivity contribution in [3.63, 3.8) is 0 Å². The van der Waals surface area contributed by atoms with Crippen LogP contribution in [-0.2, 0) is 0 Å². The molecule has 1 aromatic carbocycles. The maximum absolute atomic E-state index is 10.0. The van der Waals surface area contributed by atoms with Crippen LogP contribution in [0.2, 0.25) is 15.1 Å². The van der Waals surface area contributed by atoms with Crippen molar-refractivity contribution in [2.75, 3.05) is 0 Å². The third-order valence-corrected chi connectivity index (χ3v) is 1.96. The van der Waals surface area contributed by atoms with Crippen LogP contribution in [0, 0.1) is 10.1 Å². The Hall–Kier alpha value is 0.290. The molecule has 4 nitrogen and oxygen atoms in total. The molecule has 0 amide bonds. The first-order chi connectivity index (χ1) is 6.00. The van der Waals surface area contributed by atoms with E-state index in [1.807, 2.05) is 0 Å². The van der Waals surface area contributed by atoms with Gasteiger partial charge in [-0.15, -0.1) is 0 Å². The summed E-state index contributed by atoms with van der Waals surface area (Å²) in [6.45, 7) is 0. The van der Waals surface area contributed by atoms with Gasteiger partial charge in [-0.25, -0.2) is 0 Å². The summed E-state index contributed by atoms with van der Waals surface area (Å²) in [5.41, 5.74) is 2.91. The Morgan fingerprint density at radius 1 is 1.21 bits per heavy atom. The second-order valence-electron chi connectivity index (χ2n) is 2.06. The van der Waals surface area contributed by atoms with Crippen molar-refractivity contribution >= 4 is 40.5 Å². The van der Waals surface area contributed by atoms with Gasteiger partial charge in [-0.2, -0.15) is 0 Å². The fourth-order valence-corrected chi connectivity index (χ4v) is 1.60. The molecule has 8 heteroatoms. The predicted molar refractivity (Wildman–Crippen MR) is 51.5 cm³/mol. The van der Waals surface area contributed by atoms with Crippen LogP contribution in [0.5, 0.6) is 0 Å². The van der Waals surface area contributed by atoms with Gasteiger partial charge in [-0.1, -0.05) is 34.8 Å². The van der Waals surface area contributed by atoms with E-state index in [-0.39, 0.29) is 45.3 Å². The molecule has 0 aromatic heterocycles. The zero-order valence-corrected chi connectivity index (χ0v) is 11.3. The van der Waals surface area contributed by atoms with Gasteiger partial charge in [0.05, 0.1) is 0 Å². The number of rotatable bonds is 2.